The van der Waals surface area contributed by atoms with E-state index in [1.165, 1.54) is 6.33 Å². The number of hydrogen-bond donors (Lipinski definition) is 3. The second-order valence-corrected chi connectivity index (χ2v) is 4.10. The van der Waals surface area contributed by atoms with Gasteiger partial charge in [0, 0.05) is 18.6 Å². The maximum Gasteiger partial charge on any atom is 0.157 e. The number of rotatable bonds is 3. The molecule has 0 spiro atoms. The zero-order chi connectivity index (χ0) is 11.5. The van der Waals surface area contributed by atoms with E-state index in [2.05, 4.69) is 15.3 Å². The Kier molecular flexibility index (Phi) is 3.26. The zero-order valence-corrected chi connectivity index (χ0v) is 9.35. The summed E-state index contributed by atoms with van der Waals surface area (Å²) in [6, 6.07) is 0.130. The van der Waals surface area contributed by atoms with E-state index < -0.39 is 0 Å². The van der Waals surface area contributed by atoms with Crippen molar-refractivity contribution < 1.29 is 5.11 Å². The molecule has 1 aromatic heterocycles. The summed E-state index contributed by atoms with van der Waals surface area (Å²) >= 11 is 5.78. The number of hydrogen-bond acceptors (Lipinski definition) is 5. The van der Waals surface area contributed by atoms with E-state index >= 15 is 0 Å². The molecule has 0 fully saturated rings. The van der Waals surface area contributed by atoms with Crippen LogP contribution in [0, 0.1) is 5.92 Å². The monoisotopic (exact) mass is 240 g/mol. The van der Waals surface area contributed by atoms with Gasteiger partial charge in [-0.15, -0.1) is 0 Å². The molecule has 0 saturated heterocycles. The largest absolute Gasteiger partial charge is 0.396 e. The molecular formula is C10H13ClN4O. The summed E-state index contributed by atoms with van der Waals surface area (Å²) < 4.78 is 0. The fourth-order valence-corrected chi connectivity index (χ4v) is 1.81. The Morgan fingerprint density at radius 1 is 1.50 bits per heavy atom. The quantitative estimate of drug-likeness (QED) is 0.544. The van der Waals surface area contributed by atoms with Crippen LogP contribution in [0.3, 0.4) is 0 Å². The molecule has 4 N–H and O–H groups in total. The van der Waals surface area contributed by atoms with Crippen LogP contribution in [0.2, 0.25) is 5.15 Å². The molecule has 0 amide bonds. The van der Waals surface area contributed by atoms with Crippen molar-refractivity contribution in [3.63, 3.8) is 0 Å². The summed E-state index contributed by atoms with van der Waals surface area (Å²) in [5.41, 5.74) is 6.09. The van der Waals surface area contributed by atoms with Gasteiger partial charge in [0.1, 0.15) is 12.0 Å². The Hall–Kier alpha value is -1.33. The van der Waals surface area contributed by atoms with E-state index in [4.69, 9.17) is 22.4 Å². The lowest BCUT2D eigenvalue weighted by Gasteiger charge is -2.14. The van der Waals surface area contributed by atoms with Crippen LogP contribution in [-0.4, -0.2) is 27.7 Å². The van der Waals surface area contributed by atoms with Crippen LogP contribution in [0.1, 0.15) is 6.42 Å². The SMILES string of the molecule is Nc1c(Cl)ncnc1N[C@H]1C=C[C@@H](CO)C1. The minimum Gasteiger partial charge on any atom is -0.396 e. The minimum absolute atomic E-state index is 0.130. The molecule has 1 aromatic rings. The standard InChI is InChI=1S/C10H13ClN4O/c11-9-8(12)10(14-5-13-9)15-7-2-1-6(3-7)4-16/h1-2,5-7,16H,3-4,12H2,(H,13,14,15)/t6-,7+/m1/s1. The fourth-order valence-electron chi connectivity index (χ4n) is 1.68. The fraction of sp³-hybridized carbons (Fsp3) is 0.400. The highest BCUT2D eigenvalue weighted by Gasteiger charge is 2.19. The third kappa shape index (κ3) is 2.25. The molecule has 1 aliphatic carbocycles. The molecule has 1 aliphatic rings. The Morgan fingerprint density at radius 3 is 3.00 bits per heavy atom. The average molecular weight is 241 g/mol. The predicted molar refractivity (Wildman–Crippen MR) is 63.2 cm³/mol. The second-order valence-electron chi connectivity index (χ2n) is 3.74. The Morgan fingerprint density at radius 2 is 2.31 bits per heavy atom. The molecule has 0 radical (unpaired) electrons. The van der Waals surface area contributed by atoms with Gasteiger partial charge in [0.05, 0.1) is 0 Å². The molecule has 2 rings (SSSR count). The highest BCUT2D eigenvalue weighted by Crippen LogP contribution is 2.26. The first kappa shape index (κ1) is 11.2. The van der Waals surface area contributed by atoms with Crippen LogP contribution in [0.15, 0.2) is 18.5 Å². The normalized spacial score (nSPS) is 23.6. The van der Waals surface area contributed by atoms with Gasteiger partial charge < -0.3 is 16.2 Å². The summed E-state index contributed by atoms with van der Waals surface area (Å²) in [4.78, 5) is 7.80. The van der Waals surface area contributed by atoms with Gasteiger partial charge in [0.25, 0.3) is 0 Å². The molecule has 0 bridgehead atoms. The van der Waals surface area contributed by atoms with Crippen molar-refractivity contribution in [2.75, 3.05) is 17.7 Å². The molecule has 1 heterocycles. The van der Waals surface area contributed by atoms with Crippen LogP contribution < -0.4 is 11.1 Å². The summed E-state index contributed by atoms with van der Waals surface area (Å²) in [7, 11) is 0. The van der Waals surface area contributed by atoms with E-state index in [0.29, 0.717) is 11.5 Å². The molecule has 5 nitrogen and oxygen atoms in total. The number of aliphatic hydroxyl groups excluding tert-OH is 1. The number of anilines is 2. The first-order valence-corrected chi connectivity index (χ1v) is 5.40. The molecular weight excluding hydrogens is 228 g/mol. The predicted octanol–water partition coefficient (Wildman–Crippen LogP) is 1.06. The van der Waals surface area contributed by atoms with E-state index in [9.17, 15) is 0 Å². The van der Waals surface area contributed by atoms with Crippen molar-refractivity contribution in [3.05, 3.63) is 23.6 Å². The van der Waals surface area contributed by atoms with Crippen molar-refractivity contribution in [3.8, 4) is 0 Å². The molecule has 0 saturated carbocycles. The Balaban J connectivity index is 2.05. The molecule has 0 unspecified atom stereocenters. The molecule has 6 heteroatoms. The Bertz CT molecular complexity index is 410. The lowest BCUT2D eigenvalue weighted by atomic mass is 10.1. The van der Waals surface area contributed by atoms with Crippen LogP contribution in [0.5, 0.6) is 0 Å². The molecule has 16 heavy (non-hydrogen) atoms. The van der Waals surface area contributed by atoms with Gasteiger partial charge >= 0.3 is 0 Å². The molecule has 86 valence electrons. The summed E-state index contributed by atoms with van der Waals surface area (Å²) in [5, 5.41) is 12.4. The van der Waals surface area contributed by atoms with Crippen molar-refractivity contribution in [2.24, 2.45) is 5.92 Å². The number of aliphatic hydroxyl groups is 1. The Labute approximate surface area is 98.4 Å². The topological polar surface area (TPSA) is 84.1 Å². The first-order valence-electron chi connectivity index (χ1n) is 5.02. The van der Waals surface area contributed by atoms with E-state index in [-0.39, 0.29) is 23.7 Å². The maximum atomic E-state index is 9.00. The number of nitrogens with one attached hydrogen (secondary N) is 1. The minimum atomic E-state index is 0.130. The maximum absolute atomic E-state index is 9.00. The number of nitrogens with zero attached hydrogens (tertiary/aromatic N) is 2. The first-order chi connectivity index (χ1) is 7.70. The highest BCUT2D eigenvalue weighted by atomic mass is 35.5. The second kappa shape index (κ2) is 4.67. The molecule has 0 aromatic carbocycles. The number of aromatic nitrogens is 2. The van der Waals surface area contributed by atoms with Crippen LogP contribution in [0.4, 0.5) is 11.5 Å². The van der Waals surface area contributed by atoms with Crippen molar-refractivity contribution in [1.29, 1.82) is 0 Å². The van der Waals surface area contributed by atoms with Crippen LogP contribution in [-0.2, 0) is 0 Å². The third-order valence-electron chi connectivity index (χ3n) is 2.56. The zero-order valence-electron chi connectivity index (χ0n) is 8.60. The van der Waals surface area contributed by atoms with Gasteiger partial charge in [-0.1, -0.05) is 23.8 Å². The van der Waals surface area contributed by atoms with Crippen molar-refractivity contribution in [2.45, 2.75) is 12.5 Å². The number of halogens is 1. The average Bonchev–Trinajstić information content (AvgIpc) is 2.73. The van der Waals surface area contributed by atoms with E-state index in [0.717, 1.165) is 6.42 Å². The third-order valence-corrected chi connectivity index (χ3v) is 2.87. The van der Waals surface area contributed by atoms with Gasteiger partial charge in [-0.2, -0.15) is 0 Å². The number of nitrogen functional groups attached to an aromatic ring is 1. The van der Waals surface area contributed by atoms with E-state index in [1.807, 2.05) is 12.2 Å². The summed E-state index contributed by atoms with van der Waals surface area (Å²) in [6.45, 7) is 0.161. The van der Waals surface area contributed by atoms with Gasteiger partial charge in [-0.3, -0.25) is 0 Å². The van der Waals surface area contributed by atoms with Gasteiger partial charge in [-0.05, 0) is 6.42 Å². The number of nitrogens with two attached hydrogens (primary N) is 1. The summed E-state index contributed by atoms with van der Waals surface area (Å²) in [5.74, 6) is 0.740. The van der Waals surface area contributed by atoms with Gasteiger partial charge in [-0.25, -0.2) is 9.97 Å². The molecule has 0 aliphatic heterocycles. The van der Waals surface area contributed by atoms with Crippen molar-refractivity contribution >= 4 is 23.1 Å². The van der Waals surface area contributed by atoms with Gasteiger partial charge in [0.2, 0.25) is 0 Å². The molecule has 2 atom stereocenters. The lowest BCUT2D eigenvalue weighted by molar-refractivity contribution is 0.250. The van der Waals surface area contributed by atoms with Crippen LogP contribution in [0.25, 0.3) is 0 Å². The van der Waals surface area contributed by atoms with Crippen LogP contribution >= 0.6 is 11.6 Å². The van der Waals surface area contributed by atoms with Crippen molar-refractivity contribution in [1.82, 2.24) is 9.97 Å². The smallest absolute Gasteiger partial charge is 0.157 e. The summed E-state index contributed by atoms with van der Waals surface area (Å²) in [6.07, 6.45) is 6.17. The van der Waals surface area contributed by atoms with E-state index in [1.54, 1.807) is 0 Å². The lowest BCUT2D eigenvalue weighted by Crippen LogP contribution is -2.18. The highest BCUT2D eigenvalue weighted by molar-refractivity contribution is 6.32. The van der Waals surface area contributed by atoms with Gasteiger partial charge in [0.15, 0.2) is 11.0 Å².